The van der Waals surface area contributed by atoms with E-state index in [9.17, 15) is 4.39 Å². The fourth-order valence-electron chi connectivity index (χ4n) is 1.51. The lowest BCUT2D eigenvalue weighted by Gasteiger charge is -2.11. The second-order valence-electron chi connectivity index (χ2n) is 3.44. The predicted octanol–water partition coefficient (Wildman–Crippen LogP) is 4.81. The zero-order chi connectivity index (χ0) is 11.5. The summed E-state index contributed by atoms with van der Waals surface area (Å²) in [6, 6.07) is 13.8. The van der Waals surface area contributed by atoms with Crippen molar-refractivity contribution >= 4 is 23.2 Å². The molecule has 0 aliphatic rings. The van der Waals surface area contributed by atoms with E-state index in [2.05, 4.69) is 0 Å². The molecule has 0 saturated heterocycles. The van der Waals surface area contributed by atoms with Crippen molar-refractivity contribution in [1.29, 1.82) is 0 Å². The van der Waals surface area contributed by atoms with Gasteiger partial charge in [0.15, 0.2) is 0 Å². The first-order chi connectivity index (χ1) is 7.68. The van der Waals surface area contributed by atoms with Crippen LogP contribution >= 0.6 is 23.2 Å². The Morgan fingerprint density at radius 1 is 1.00 bits per heavy atom. The fraction of sp³-hybridized carbons (Fsp3) is 0.0769. The molecule has 0 radical (unpaired) electrons. The summed E-state index contributed by atoms with van der Waals surface area (Å²) < 4.78 is 12.9. The Morgan fingerprint density at radius 2 is 1.69 bits per heavy atom. The minimum absolute atomic E-state index is 0.351. The zero-order valence-electron chi connectivity index (χ0n) is 8.33. The molecule has 2 aromatic carbocycles. The first-order valence-corrected chi connectivity index (χ1v) is 5.64. The monoisotopic (exact) mass is 254 g/mol. The number of benzene rings is 2. The van der Waals surface area contributed by atoms with Crippen molar-refractivity contribution in [3.63, 3.8) is 0 Å². The molecular weight excluding hydrogens is 246 g/mol. The summed E-state index contributed by atoms with van der Waals surface area (Å²) in [5.74, 6) is -0.356. The van der Waals surface area contributed by atoms with Gasteiger partial charge < -0.3 is 0 Å². The van der Waals surface area contributed by atoms with Crippen molar-refractivity contribution < 1.29 is 4.39 Å². The maximum absolute atomic E-state index is 12.9. The molecule has 0 bridgehead atoms. The van der Waals surface area contributed by atoms with E-state index in [1.807, 2.05) is 30.3 Å². The lowest BCUT2D eigenvalue weighted by atomic mass is 10.0. The third-order valence-corrected chi connectivity index (χ3v) is 3.14. The molecule has 0 aromatic heterocycles. The van der Waals surface area contributed by atoms with Gasteiger partial charge in [-0.3, -0.25) is 0 Å². The standard InChI is InChI=1S/C13H9Cl2F/c14-12-8-10(16)6-7-11(12)13(15)9-4-2-1-3-5-9/h1-8,13H. The average Bonchev–Trinajstić information content (AvgIpc) is 2.29. The molecule has 2 rings (SSSR count). The van der Waals surface area contributed by atoms with E-state index in [4.69, 9.17) is 23.2 Å². The van der Waals surface area contributed by atoms with Crippen LogP contribution in [0.4, 0.5) is 4.39 Å². The quantitative estimate of drug-likeness (QED) is 0.675. The second-order valence-corrected chi connectivity index (χ2v) is 4.28. The summed E-state index contributed by atoms with van der Waals surface area (Å²) in [4.78, 5) is 0. The van der Waals surface area contributed by atoms with Crippen LogP contribution in [0.3, 0.4) is 0 Å². The van der Waals surface area contributed by atoms with Crippen molar-refractivity contribution in [3.8, 4) is 0 Å². The lowest BCUT2D eigenvalue weighted by molar-refractivity contribution is 0.627. The Bertz CT molecular complexity index is 483. The van der Waals surface area contributed by atoms with Crippen LogP contribution < -0.4 is 0 Å². The minimum Gasteiger partial charge on any atom is -0.207 e. The van der Waals surface area contributed by atoms with Gasteiger partial charge in [0.25, 0.3) is 0 Å². The van der Waals surface area contributed by atoms with Crippen molar-refractivity contribution in [2.45, 2.75) is 5.38 Å². The van der Waals surface area contributed by atoms with Crippen LogP contribution in [0.1, 0.15) is 16.5 Å². The Kier molecular flexibility index (Phi) is 3.47. The Hall–Kier alpha value is -1.05. The van der Waals surface area contributed by atoms with E-state index < -0.39 is 0 Å². The van der Waals surface area contributed by atoms with Gasteiger partial charge in [-0.25, -0.2) is 4.39 Å². The highest BCUT2D eigenvalue weighted by atomic mass is 35.5. The van der Waals surface area contributed by atoms with Crippen LogP contribution in [0.25, 0.3) is 0 Å². The highest BCUT2D eigenvalue weighted by molar-refractivity contribution is 6.33. The smallest absolute Gasteiger partial charge is 0.124 e. The van der Waals surface area contributed by atoms with Gasteiger partial charge in [0.1, 0.15) is 5.82 Å². The number of hydrogen-bond donors (Lipinski definition) is 0. The largest absolute Gasteiger partial charge is 0.207 e. The number of hydrogen-bond acceptors (Lipinski definition) is 0. The highest BCUT2D eigenvalue weighted by Gasteiger charge is 2.14. The molecule has 0 aliphatic heterocycles. The lowest BCUT2D eigenvalue weighted by Crippen LogP contribution is -1.94. The van der Waals surface area contributed by atoms with Gasteiger partial charge in [-0.05, 0) is 23.3 Å². The summed E-state index contributed by atoms with van der Waals surface area (Å²) in [6.45, 7) is 0. The highest BCUT2D eigenvalue weighted by Crippen LogP contribution is 2.33. The molecule has 1 unspecified atom stereocenters. The molecular formula is C13H9Cl2F. The van der Waals surface area contributed by atoms with Crippen LogP contribution in [0.5, 0.6) is 0 Å². The summed E-state index contributed by atoms with van der Waals surface area (Å²) in [5, 5.41) is -0.00171. The van der Waals surface area contributed by atoms with E-state index in [1.54, 1.807) is 6.07 Å². The molecule has 3 heteroatoms. The first kappa shape index (κ1) is 11.4. The Labute approximate surface area is 104 Å². The van der Waals surface area contributed by atoms with Crippen LogP contribution in [0.15, 0.2) is 48.5 Å². The van der Waals surface area contributed by atoms with Gasteiger partial charge in [0.05, 0.1) is 5.38 Å². The third kappa shape index (κ3) is 2.37. The molecule has 0 N–H and O–H groups in total. The fourth-order valence-corrected chi connectivity index (χ4v) is 2.18. The van der Waals surface area contributed by atoms with Gasteiger partial charge in [0, 0.05) is 5.02 Å². The summed E-state index contributed by atoms with van der Waals surface area (Å²) in [7, 11) is 0. The van der Waals surface area contributed by atoms with Crippen LogP contribution in [-0.4, -0.2) is 0 Å². The second kappa shape index (κ2) is 4.86. The van der Waals surface area contributed by atoms with E-state index in [0.29, 0.717) is 5.02 Å². The molecule has 0 spiro atoms. The first-order valence-electron chi connectivity index (χ1n) is 4.82. The van der Waals surface area contributed by atoms with Gasteiger partial charge in [-0.2, -0.15) is 0 Å². The predicted molar refractivity (Wildman–Crippen MR) is 65.5 cm³/mol. The molecule has 0 nitrogen and oxygen atoms in total. The maximum atomic E-state index is 12.9. The normalized spacial score (nSPS) is 12.4. The van der Waals surface area contributed by atoms with Gasteiger partial charge in [-0.15, -0.1) is 11.6 Å². The van der Waals surface area contributed by atoms with Crippen molar-refractivity contribution in [3.05, 3.63) is 70.5 Å². The summed E-state index contributed by atoms with van der Waals surface area (Å²) in [6.07, 6.45) is 0. The molecule has 0 saturated carbocycles. The van der Waals surface area contributed by atoms with E-state index in [0.717, 1.165) is 11.1 Å². The maximum Gasteiger partial charge on any atom is 0.124 e. The molecule has 16 heavy (non-hydrogen) atoms. The summed E-state index contributed by atoms with van der Waals surface area (Å²) >= 11 is 12.2. The van der Waals surface area contributed by atoms with Crippen molar-refractivity contribution in [2.24, 2.45) is 0 Å². The zero-order valence-corrected chi connectivity index (χ0v) is 9.84. The molecule has 0 amide bonds. The molecule has 82 valence electrons. The average molecular weight is 255 g/mol. The van der Waals surface area contributed by atoms with Crippen molar-refractivity contribution in [1.82, 2.24) is 0 Å². The van der Waals surface area contributed by atoms with E-state index in [1.165, 1.54) is 12.1 Å². The number of halogens is 3. The van der Waals surface area contributed by atoms with Crippen molar-refractivity contribution in [2.75, 3.05) is 0 Å². The summed E-state index contributed by atoms with van der Waals surface area (Å²) in [5.41, 5.74) is 1.66. The minimum atomic E-state index is -0.356. The molecule has 0 aliphatic carbocycles. The van der Waals surface area contributed by atoms with Crippen LogP contribution in [-0.2, 0) is 0 Å². The molecule has 0 heterocycles. The van der Waals surface area contributed by atoms with Gasteiger partial charge in [-0.1, -0.05) is 48.0 Å². The van der Waals surface area contributed by atoms with E-state index >= 15 is 0 Å². The Balaban J connectivity index is 2.38. The van der Waals surface area contributed by atoms with Crippen LogP contribution in [0.2, 0.25) is 5.02 Å². The molecule has 0 fully saturated rings. The Morgan fingerprint density at radius 3 is 2.31 bits per heavy atom. The van der Waals surface area contributed by atoms with Gasteiger partial charge >= 0.3 is 0 Å². The third-order valence-electron chi connectivity index (χ3n) is 2.33. The SMILES string of the molecule is Fc1ccc(C(Cl)c2ccccc2)c(Cl)c1. The topological polar surface area (TPSA) is 0 Å². The molecule has 2 aromatic rings. The van der Waals surface area contributed by atoms with Gasteiger partial charge in [0.2, 0.25) is 0 Å². The van der Waals surface area contributed by atoms with Crippen LogP contribution in [0, 0.1) is 5.82 Å². The van der Waals surface area contributed by atoms with E-state index in [-0.39, 0.29) is 11.2 Å². The number of alkyl halides is 1. The molecule has 1 atom stereocenters. The number of rotatable bonds is 2.